The van der Waals surface area contributed by atoms with Crippen LogP contribution >= 0.6 is 0 Å². The van der Waals surface area contributed by atoms with Gasteiger partial charge in [0.2, 0.25) is 10.0 Å². The molecule has 3 aromatic rings. The topological polar surface area (TPSA) is 101 Å². The Bertz CT molecular complexity index is 1120. The predicted octanol–water partition coefficient (Wildman–Crippen LogP) is 3.89. The van der Waals surface area contributed by atoms with Crippen LogP contribution in [-0.4, -0.2) is 25.4 Å². The summed E-state index contributed by atoms with van der Waals surface area (Å²) in [5.74, 6) is 0.386. The third-order valence-electron chi connectivity index (χ3n) is 3.95. The highest BCUT2D eigenvalue weighted by atomic mass is 32.2. The number of sulfonamides is 1. The third kappa shape index (κ3) is 4.40. The van der Waals surface area contributed by atoms with Gasteiger partial charge < -0.3 is 9.73 Å². The summed E-state index contributed by atoms with van der Waals surface area (Å²) < 4.78 is 32.8. The maximum absolute atomic E-state index is 12.6. The number of hydrogen-bond acceptors (Lipinski definition) is 5. The second-order valence-electron chi connectivity index (χ2n) is 7.15. The van der Waals surface area contributed by atoms with E-state index in [9.17, 15) is 13.2 Å². The molecule has 0 atom stereocenters. The normalized spacial score (nSPS) is 12.1. The minimum atomic E-state index is -3.68. The van der Waals surface area contributed by atoms with Gasteiger partial charge >= 0.3 is 0 Å². The Morgan fingerprint density at radius 1 is 1.07 bits per heavy atom. The lowest BCUT2D eigenvalue weighted by atomic mass is 10.2. The lowest BCUT2D eigenvalue weighted by Gasteiger charge is -2.11. The molecule has 0 aliphatic heterocycles. The van der Waals surface area contributed by atoms with Crippen molar-refractivity contribution in [2.24, 2.45) is 0 Å². The van der Waals surface area contributed by atoms with Crippen molar-refractivity contribution in [1.82, 2.24) is 9.71 Å². The van der Waals surface area contributed by atoms with Crippen molar-refractivity contribution < 1.29 is 17.6 Å². The molecule has 0 fully saturated rings. The molecule has 0 saturated heterocycles. The van der Waals surface area contributed by atoms with E-state index in [1.165, 1.54) is 12.1 Å². The third-order valence-corrected chi connectivity index (χ3v) is 5.61. The van der Waals surface area contributed by atoms with E-state index in [2.05, 4.69) is 15.0 Å². The number of benzene rings is 2. The molecule has 0 bridgehead atoms. The van der Waals surface area contributed by atoms with Crippen LogP contribution in [0.5, 0.6) is 0 Å². The Kier molecular flexibility index (Phi) is 5.53. The Hall–Kier alpha value is -2.71. The average Bonchev–Trinajstić information content (AvgIpc) is 3.04. The number of carbonyl (C=O) groups is 1. The fourth-order valence-corrected chi connectivity index (χ4v) is 3.95. The molecule has 7 nitrogen and oxygen atoms in total. The van der Waals surface area contributed by atoms with Gasteiger partial charge in [0.25, 0.3) is 5.91 Å². The number of aromatic nitrogens is 1. The highest BCUT2D eigenvalue weighted by Gasteiger charge is 2.18. The molecule has 1 amide bonds. The first kappa shape index (κ1) is 20.0. The molecule has 3 rings (SSSR count). The molecule has 1 aromatic heterocycles. The van der Waals surface area contributed by atoms with Crippen molar-refractivity contribution in [3.05, 3.63) is 53.9 Å². The monoisotopic (exact) mass is 401 g/mol. The van der Waals surface area contributed by atoms with E-state index in [-0.39, 0.29) is 22.4 Å². The SMILES string of the molecule is CC(C)NS(=O)(=O)c1cccc(C(=O)Nc2ccc3oc(C(C)C)nc3c2)c1. The first-order valence-electron chi connectivity index (χ1n) is 9.00. The van der Waals surface area contributed by atoms with Gasteiger partial charge in [0, 0.05) is 23.2 Å². The van der Waals surface area contributed by atoms with E-state index in [1.54, 1.807) is 44.2 Å². The molecular formula is C20H23N3O4S. The van der Waals surface area contributed by atoms with Crippen LogP contribution in [0.25, 0.3) is 11.1 Å². The van der Waals surface area contributed by atoms with Crippen LogP contribution in [0.3, 0.4) is 0 Å². The van der Waals surface area contributed by atoms with Crippen molar-refractivity contribution in [2.75, 3.05) is 5.32 Å². The van der Waals surface area contributed by atoms with E-state index in [4.69, 9.17) is 4.42 Å². The Balaban J connectivity index is 1.83. The number of nitrogens with one attached hydrogen (secondary N) is 2. The summed E-state index contributed by atoms with van der Waals surface area (Å²) in [5, 5.41) is 2.77. The van der Waals surface area contributed by atoms with Gasteiger partial charge in [-0.1, -0.05) is 19.9 Å². The van der Waals surface area contributed by atoms with Crippen LogP contribution in [0.4, 0.5) is 5.69 Å². The second kappa shape index (κ2) is 7.73. The van der Waals surface area contributed by atoms with Gasteiger partial charge in [0.05, 0.1) is 4.90 Å². The number of anilines is 1. The molecule has 0 aliphatic carbocycles. The Morgan fingerprint density at radius 2 is 1.82 bits per heavy atom. The summed E-state index contributed by atoms with van der Waals surface area (Å²) in [7, 11) is -3.68. The highest BCUT2D eigenvalue weighted by Crippen LogP contribution is 2.24. The molecule has 0 saturated carbocycles. The predicted molar refractivity (Wildman–Crippen MR) is 108 cm³/mol. The van der Waals surface area contributed by atoms with Gasteiger partial charge in [-0.15, -0.1) is 0 Å². The van der Waals surface area contributed by atoms with Gasteiger partial charge in [-0.25, -0.2) is 18.1 Å². The number of fused-ring (bicyclic) bond motifs is 1. The zero-order valence-corrected chi connectivity index (χ0v) is 17.0. The maximum Gasteiger partial charge on any atom is 0.255 e. The standard InChI is InChI=1S/C20H23N3O4S/c1-12(2)20-22-17-11-15(8-9-18(17)27-20)21-19(24)14-6-5-7-16(10-14)28(25,26)23-13(3)4/h5-13,23H,1-4H3,(H,21,24). The van der Waals surface area contributed by atoms with Gasteiger partial charge in [-0.2, -0.15) is 0 Å². The number of carbonyl (C=O) groups excluding carboxylic acids is 1. The summed E-state index contributed by atoms with van der Waals surface area (Å²) in [6.45, 7) is 7.45. The summed E-state index contributed by atoms with van der Waals surface area (Å²) in [5.41, 5.74) is 2.10. The van der Waals surface area contributed by atoms with E-state index in [0.717, 1.165) is 0 Å². The minimum absolute atomic E-state index is 0.0439. The Morgan fingerprint density at radius 3 is 2.50 bits per heavy atom. The lowest BCUT2D eigenvalue weighted by molar-refractivity contribution is 0.102. The first-order chi connectivity index (χ1) is 13.2. The molecule has 148 valence electrons. The van der Waals surface area contributed by atoms with Crippen molar-refractivity contribution in [3.8, 4) is 0 Å². The number of rotatable bonds is 6. The number of amides is 1. The summed E-state index contributed by atoms with van der Waals surface area (Å²) in [4.78, 5) is 17.1. The van der Waals surface area contributed by atoms with Crippen LogP contribution < -0.4 is 10.0 Å². The molecule has 2 aromatic carbocycles. The van der Waals surface area contributed by atoms with Crippen molar-refractivity contribution in [3.63, 3.8) is 0 Å². The lowest BCUT2D eigenvalue weighted by Crippen LogP contribution is -2.30. The van der Waals surface area contributed by atoms with Gasteiger partial charge in [-0.3, -0.25) is 4.79 Å². The minimum Gasteiger partial charge on any atom is -0.440 e. The van der Waals surface area contributed by atoms with Gasteiger partial charge in [0.15, 0.2) is 11.5 Å². The van der Waals surface area contributed by atoms with Crippen LogP contribution in [0.1, 0.15) is 49.9 Å². The van der Waals surface area contributed by atoms with E-state index in [0.29, 0.717) is 22.7 Å². The Labute approximate surface area is 164 Å². The molecule has 28 heavy (non-hydrogen) atoms. The summed E-state index contributed by atoms with van der Waals surface area (Å²) in [6, 6.07) is 10.9. The molecular weight excluding hydrogens is 378 g/mol. The molecule has 0 radical (unpaired) electrons. The van der Waals surface area contributed by atoms with Crippen LogP contribution in [-0.2, 0) is 10.0 Å². The fourth-order valence-electron chi connectivity index (χ4n) is 2.66. The first-order valence-corrected chi connectivity index (χ1v) is 10.5. The number of oxazole rings is 1. The van der Waals surface area contributed by atoms with E-state index >= 15 is 0 Å². The molecule has 0 unspecified atom stereocenters. The van der Waals surface area contributed by atoms with Crippen molar-refractivity contribution in [1.29, 1.82) is 0 Å². The fraction of sp³-hybridized carbons (Fsp3) is 0.300. The van der Waals surface area contributed by atoms with Crippen LogP contribution in [0, 0.1) is 0 Å². The van der Waals surface area contributed by atoms with Crippen LogP contribution in [0.15, 0.2) is 51.8 Å². The largest absolute Gasteiger partial charge is 0.440 e. The van der Waals surface area contributed by atoms with Crippen molar-refractivity contribution >= 4 is 32.7 Å². The van der Waals surface area contributed by atoms with Crippen molar-refractivity contribution in [2.45, 2.75) is 44.6 Å². The zero-order valence-electron chi connectivity index (χ0n) is 16.2. The number of hydrogen-bond donors (Lipinski definition) is 2. The van der Waals surface area contributed by atoms with Gasteiger partial charge in [0.1, 0.15) is 5.52 Å². The smallest absolute Gasteiger partial charge is 0.255 e. The number of nitrogens with zero attached hydrogens (tertiary/aromatic N) is 1. The molecule has 0 aliphatic rings. The quantitative estimate of drug-likeness (QED) is 0.652. The van der Waals surface area contributed by atoms with Crippen LogP contribution in [0.2, 0.25) is 0 Å². The second-order valence-corrected chi connectivity index (χ2v) is 8.86. The summed E-state index contributed by atoms with van der Waals surface area (Å²) >= 11 is 0. The molecule has 1 heterocycles. The van der Waals surface area contributed by atoms with Gasteiger partial charge in [-0.05, 0) is 50.2 Å². The van der Waals surface area contributed by atoms with E-state index < -0.39 is 15.9 Å². The molecule has 2 N–H and O–H groups in total. The molecule has 0 spiro atoms. The zero-order chi connectivity index (χ0) is 20.5. The van der Waals surface area contributed by atoms with E-state index in [1.807, 2.05) is 13.8 Å². The average molecular weight is 401 g/mol. The summed E-state index contributed by atoms with van der Waals surface area (Å²) in [6.07, 6.45) is 0. The molecule has 8 heteroatoms. The highest BCUT2D eigenvalue weighted by molar-refractivity contribution is 7.89. The maximum atomic E-state index is 12.6.